The number of hydrogen-bond acceptors (Lipinski definition) is 4. The first-order valence-electron chi connectivity index (χ1n) is 4.85. The van der Waals surface area contributed by atoms with E-state index in [1.54, 1.807) is 0 Å². The lowest BCUT2D eigenvalue weighted by Gasteiger charge is -2.13. The van der Waals surface area contributed by atoms with Crippen LogP contribution in [0.3, 0.4) is 0 Å². The van der Waals surface area contributed by atoms with Gasteiger partial charge in [0.2, 0.25) is 0 Å². The fourth-order valence-electron chi connectivity index (χ4n) is 1.06. The third-order valence-corrected chi connectivity index (χ3v) is 1.84. The molecule has 0 spiro atoms. The minimum atomic E-state index is 0.468. The summed E-state index contributed by atoms with van der Waals surface area (Å²) in [5.74, 6) is 0.889. The highest BCUT2D eigenvalue weighted by Crippen LogP contribution is 2.14. The molecule has 1 aromatic heterocycles. The van der Waals surface area contributed by atoms with Crippen molar-refractivity contribution in [3.05, 3.63) is 11.8 Å². The summed E-state index contributed by atoms with van der Waals surface area (Å²) in [5, 5.41) is 0. The number of aromatic nitrogens is 2. The lowest BCUT2D eigenvalue weighted by Crippen LogP contribution is -2.13. The van der Waals surface area contributed by atoms with E-state index in [4.69, 9.17) is 4.74 Å². The lowest BCUT2D eigenvalue weighted by atomic mass is 10.3. The normalized spacial score (nSPS) is 10.0. The molecule has 4 heteroatoms. The molecule has 1 heterocycles. The van der Waals surface area contributed by atoms with E-state index in [-0.39, 0.29) is 0 Å². The summed E-state index contributed by atoms with van der Waals surface area (Å²) in [6.07, 6.45) is 0.892. The Morgan fingerprint density at radius 3 is 2.50 bits per heavy atom. The molecule has 4 nitrogen and oxygen atoms in total. The Morgan fingerprint density at radius 2 is 2.00 bits per heavy atom. The third-order valence-electron chi connectivity index (χ3n) is 1.84. The van der Waals surface area contributed by atoms with Gasteiger partial charge in [-0.15, -0.1) is 0 Å². The Morgan fingerprint density at radius 1 is 1.29 bits per heavy atom. The summed E-state index contributed by atoms with van der Waals surface area (Å²) in [6, 6.07) is 2.44. The Kier molecular flexibility index (Phi) is 3.68. The Bertz CT molecular complexity index is 299. The summed E-state index contributed by atoms with van der Waals surface area (Å²) in [6.45, 7) is 4.59. The van der Waals surface area contributed by atoms with Crippen molar-refractivity contribution in [1.29, 1.82) is 0 Å². The van der Waals surface area contributed by atoms with E-state index < -0.39 is 0 Å². The van der Waals surface area contributed by atoms with Gasteiger partial charge in [-0.05, 0) is 13.3 Å². The molecule has 1 rings (SSSR count). The van der Waals surface area contributed by atoms with E-state index in [9.17, 15) is 0 Å². The predicted octanol–water partition coefficient (Wildman–Crippen LogP) is 1.50. The van der Waals surface area contributed by atoms with Crippen molar-refractivity contribution in [2.45, 2.75) is 20.3 Å². The van der Waals surface area contributed by atoms with Gasteiger partial charge in [-0.25, -0.2) is 4.98 Å². The molecular weight excluding hydrogens is 178 g/mol. The van der Waals surface area contributed by atoms with Gasteiger partial charge < -0.3 is 9.64 Å². The molecule has 0 aliphatic rings. The molecule has 0 saturated carbocycles. The summed E-state index contributed by atoms with van der Waals surface area (Å²) in [5.41, 5.74) is 1.01. The molecule has 0 aliphatic carbocycles. The summed E-state index contributed by atoms with van der Waals surface area (Å²) in [4.78, 5) is 10.5. The van der Waals surface area contributed by atoms with Crippen LogP contribution in [0.4, 0.5) is 5.82 Å². The van der Waals surface area contributed by atoms with Crippen LogP contribution in [-0.2, 0) is 6.42 Å². The van der Waals surface area contributed by atoms with Crippen molar-refractivity contribution in [1.82, 2.24) is 9.97 Å². The third kappa shape index (κ3) is 2.58. The molecule has 0 atom stereocenters. The minimum Gasteiger partial charge on any atom is -0.464 e. The standard InChI is InChI=1S/C10H17N3O/c1-5-8-7-9(13(3)4)12-10(11-8)14-6-2/h7H,5-6H2,1-4H3. The molecule has 78 valence electrons. The van der Waals surface area contributed by atoms with Crippen LogP contribution in [0.2, 0.25) is 0 Å². The lowest BCUT2D eigenvalue weighted by molar-refractivity contribution is 0.311. The first-order chi connectivity index (χ1) is 6.67. The molecule has 0 fully saturated rings. The van der Waals surface area contributed by atoms with Gasteiger partial charge in [0.25, 0.3) is 0 Å². The second-order valence-corrected chi connectivity index (χ2v) is 3.18. The van der Waals surface area contributed by atoms with Crippen molar-refractivity contribution < 1.29 is 4.74 Å². The molecule has 0 aliphatic heterocycles. The molecule has 0 aromatic carbocycles. The zero-order valence-corrected chi connectivity index (χ0v) is 9.24. The van der Waals surface area contributed by atoms with E-state index in [2.05, 4.69) is 16.9 Å². The molecule has 0 unspecified atom stereocenters. The molecule has 0 saturated heterocycles. The second-order valence-electron chi connectivity index (χ2n) is 3.18. The fourth-order valence-corrected chi connectivity index (χ4v) is 1.06. The minimum absolute atomic E-state index is 0.468. The highest BCUT2D eigenvalue weighted by molar-refractivity contribution is 5.38. The highest BCUT2D eigenvalue weighted by atomic mass is 16.5. The number of nitrogens with zero attached hydrogens (tertiary/aromatic N) is 3. The Hall–Kier alpha value is -1.32. The number of anilines is 1. The monoisotopic (exact) mass is 195 g/mol. The quantitative estimate of drug-likeness (QED) is 0.729. The van der Waals surface area contributed by atoms with Gasteiger partial charge in [-0.1, -0.05) is 6.92 Å². The van der Waals surface area contributed by atoms with Crippen LogP contribution < -0.4 is 9.64 Å². The smallest absolute Gasteiger partial charge is 0.318 e. The first kappa shape index (κ1) is 10.8. The van der Waals surface area contributed by atoms with Crippen LogP contribution >= 0.6 is 0 Å². The van der Waals surface area contributed by atoms with Crippen molar-refractivity contribution >= 4 is 5.82 Å². The van der Waals surface area contributed by atoms with Gasteiger partial charge in [0, 0.05) is 25.9 Å². The van der Waals surface area contributed by atoms with Gasteiger partial charge >= 0.3 is 6.01 Å². The summed E-state index contributed by atoms with van der Waals surface area (Å²) < 4.78 is 5.29. The molecule has 14 heavy (non-hydrogen) atoms. The van der Waals surface area contributed by atoms with Crippen LogP contribution in [-0.4, -0.2) is 30.7 Å². The van der Waals surface area contributed by atoms with Crippen LogP contribution in [0.15, 0.2) is 6.07 Å². The number of aryl methyl sites for hydroxylation is 1. The van der Waals surface area contributed by atoms with Gasteiger partial charge in [-0.2, -0.15) is 4.98 Å². The summed E-state index contributed by atoms with van der Waals surface area (Å²) >= 11 is 0. The van der Waals surface area contributed by atoms with E-state index in [1.165, 1.54) is 0 Å². The van der Waals surface area contributed by atoms with Gasteiger partial charge in [0.1, 0.15) is 5.82 Å². The number of ether oxygens (including phenoxy) is 1. The topological polar surface area (TPSA) is 38.2 Å². The average Bonchev–Trinajstić information content (AvgIpc) is 2.17. The zero-order valence-electron chi connectivity index (χ0n) is 9.24. The van der Waals surface area contributed by atoms with Crippen molar-refractivity contribution in [2.24, 2.45) is 0 Å². The van der Waals surface area contributed by atoms with Crippen LogP contribution in [0.25, 0.3) is 0 Å². The molecule has 0 radical (unpaired) electrons. The number of hydrogen-bond donors (Lipinski definition) is 0. The van der Waals surface area contributed by atoms with E-state index in [0.717, 1.165) is 17.9 Å². The highest BCUT2D eigenvalue weighted by Gasteiger charge is 2.05. The molecule has 0 amide bonds. The van der Waals surface area contributed by atoms with E-state index in [0.29, 0.717) is 12.6 Å². The molecule has 0 bridgehead atoms. The number of rotatable bonds is 4. The van der Waals surface area contributed by atoms with Crippen LogP contribution in [0.1, 0.15) is 19.5 Å². The van der Waals surface area contributed by atoms with Crippen molar-refractivity contribution in [3.8, 4) is 6.01 Å². The maximum absolute atomic E-state index is 5.29. The SMILES string of the molecule is CCOc1nc(CC)cc(N(C)C)n1. The molecule has 1 aromatic rings. The maximum atomic E-state index is 5.29. The zero-order chi connectivity index (χ0) is 10.6. The van der Waals surface area contributed by atoms with Crippen LogP contribution in [0.5, 0.6) is 6.01 Å². The maximum Gasteiger partial charge on any atom is 0.318 e. The van der Waals surface area contributed by atoms with Gasteiger partial charge in [0.15, 0.2) is 0 Å². The van der Waals surface area contributed by atoms with Crippen molar-refractivity contribution in [2.75, 3.05) is 25.6 Å². The van der Waals surface area contributed by atoms with Crippen LogP contribution in [0, 0.1) is 0 Å². The average molecular weight is 195 g/mol. The van der Waals surface area contributed by atoms with Gasteiger partial charge in [0.05, 0.1) is 6.61 Å². The van der Waals surface area contributed by atoms with Gasteiger partial charge in [-0.3, -0.25) is 0 Å². The predicted molar refractivity (Wildman–Crippen MR) is 56.9 cm³/mol. The Labute approximate surface area is 84.9 Å². The molecule has 0 N–H and O–H groups in total. The Balaban J connectivity index is 3.00. The van der Waals surface area contributed by atoms with E-state index >= 15 is 0 Å². The second kappa shape index (κ2) is 4.79. The largest absolute Gasteiger partial charge is 0.464 e. The van der Waals surface area contributed by atoms with E-state index in [1.807, 2.05) is 32.0 Å². The summed E-state index contributed by atoms with van der Waals surface area (Å²) in [7, 11) is 3.91. The van der Waals surface area contributed by atoms with Crippen molar-refractivity contribution in [3.63, 3.8) is 0 Å². The first-order valence-corrected chi connectivity index (χ1v) is 4.85. The molecular formula is C10H17N3O. The fraction of sp³-hybridized carbons (Fsp3) is 0.600.